The number of ether oxygens (including phenoxy) is 2. The summed E-state index contributed by atoms with van der Waals surface area (Å²) in [6.45, 7) is 6.53. The van der Waals surface area contributed by atoms with E-state index in [2.05, 4.69) is 5.32 Å². The number of carboxylic acid groups (broad SMARTS) is 1. The zero-order valence-corrected chi connectivity index (χ0v) is 10.6. The normalized spacial score (nSPS) is 12.5. The molecule has 6 nitrogen and oxygen atoms in total. The summed E-state index contributed by atoms with van der Waals surface area (Å²) in [5.74, 6) is -1.63. The Morgan fingerprint density at radius 2 is 1.82 bits per heavy atom. The largest absolute Gasteiger partial charge is 0.480 e. The maximum Gasteiger partial charge on any atom is 0.326 e. The third kappa shape index (κ3) is 7.70. The zero-order valence-electron chi connectivity index (χ0n) is 10.6. The van der Waals surface area contributed by atoms with Gasteiger partial charge < -0.3 is 19.9 Å². The summed E-state index contributed by atoms with van der Waals surface area (Å²) in [6.07, 6.45) is 0. The lowest BCUT2D eigenvalue weighted by molar-refractivity contribution is -0.143. The van der Waals surface area contributed by atoms with Crippen molar-refractivity contribution < 1.29 is 24.2 Å². The second-order valence-corrected chi connectivity index (χ2v) is 3.88. The van der Waals surface area contributed by atoms with Crippen molar-refractivity contribution in [3.63, 3.8) is 0 Å². The number of carbonyl (C=O) groups excluding carboxylic acids is 1. The molecule has 0 saturated carbocycles. The highest BCUT2D eigenvalue weighted by Crippen LogP contribution is 2.01. The Labute approximate surface area is 101 Å². The van der Waals surface area contributed by atoms with E-state index in [1.165, 1.54) is 0 Å². The van der Waals surface area contributed by atoms with Crippen LogP contribution in [0.1, 0.15) is 20.8 Å². The molecule has 0 aromatic heterocycles. The van der Waals surface area contributed by atoms with Crippen molar-refractivity contribution in [3.05, 3.63) is 0 Å². The summed E-state index contributed by atoms with van der Waals surface area (Å²) in [6, 6.07) is -0.877. The predicted octanol–water partition coefficient (Wildman–Crippen LogP) is 0.265. The van der Waals surface area contributed by atoms with Crippen molar-refractivity contribution >= 4 is 11.9 Å². The number of hydrogen-bond acceptors (Lipinski definition) is 4. The Bertz CT molecular complexity index is 242. The van der Waals surface area contributed by atoms with E-state index in [1.54, 1.807) is 13.8 Å². The maximum absolute atomic E-state index is 11.4. The van der Waals surface area contributed by atoms with E-state index in [0.717, 1.165) is 0 Å². The smallest absolute Gasteiger partial charge is 0.326 e. The fourth-order valence-electron chi connectivity index (χ4n) is 1.16. The Morgan fingerprint density at radius 3 is 2.29 bits per heavy atom. The molecular weight excluding hydrogens is 226 g/mol. The van der Waals surface area contributed by atoms with Crippen molar-refractivity contribution in [1.29, 1.82) is 0 Å². The van der Waals surface area contributed by atoms with Gasteiger partial charge in [-0.2, -0.15) is 0 Å². The van der Waals surface area contributed by atoms with Crippen molar-refractivity contribution in [2.45, 2.75) is 26.8 Å². The van der Waals surface area contributed by atoms with Crippen LogP contribution in [0, 0.1) is 5.92 Å². The van der Waals surface area contributed by atoms with E-state index >= 15 is 0 Å². The molecule has 1 amide bonds. The number of carbonyl (C=O) groups is 2. The molecule has 0 spiro atoms. The van der Waals surface area contributed by atoms with Crippen LogP contribution >= 0.6 is 0 Å². The number of aliphatic carboxylic acids is 1. The van der Waals surface area contributed by atoms with Crippen LogP contribution in [0.4, 0.5) is 0 Å². The van der Waals surface area contributed by atoms with Crippen LogP contribution in [-0.4, -0.2) is 49.5 Å². The van der Waals surface area contributed by atoms with Gasteiger partial charge in [-0.3, -0.25) is 4.79 Å². The second-order valence-electron chi connectivity index (χ2n) is 3.88. The van der Waals surface area contributed by atoms with E-state index in [-0.39, 0.29) is 12.5 Å². The predicted molar refractivity (Wildman–Crippen MR) is 61.7 cm³/mol. The van der Waals surface area contributed by atoms with Crippen LogP contribution in [0.25, 0.3) is 0 Å². The minimum atomic E-state index is -1.04. The highest BCUT2D eigenvalue weighted by atomic mass is 16.5. The van der Waals surface area contributed by atoms with E-state index in [1.807, 2.05) is 6.92 Å². The van der Waals surface area contributed by atoms with Gasteiger partial charge in [0.2, 0.25) is 5.91 Å². The van der Waals surface area contributed by atoms with Crippen molar-refractivity contribution in [2.24, 2.45) is 5.92 Å². The summed E-state index contributed by atoms with van der Waals surface area (Å²) < 4.78 is 10.0. The second kappa shape index (κ2) is 8.95. The lowest BCUT2D eigenvalue weighted by atomic mass is 10.1. The number of nitrogens with one attached hydrogen (secondary N) is 1. The molecule has 0 bridgehead atoms. The van der Waals surface area contributed by atoms with E-state index in [0.29, 0.717) is 19.8 Å². The third-order valence-electron chi connectivity index (χ3n) is 2.06. The number of hydrogen-bond donors (Lipinski definition) is 2. The fourth-order valence-corrected chi connectivity index (χ4v) is 1.16. The molecule has 0 unspecified atom stereocenters. The summed E-state index contributed by atoms with van der Waals surface area (Å²) in [5.41, 5.74) is 0. The SMILES string of the molecule is CCOCCOCC(=O)N[C@@H](C(=O)O)C(C)C. The van der Waals surface area contributed by atoms with Gasteiger partial charge in [-0.25, -0.2) is 4.79 Å². The average molecular weight is 247 g/mol. The fraction of sp³-hybridized carbons (Fsp3) is 0.818. The molecule has 0 rings (SSSR count). The van der Waals surface area contributed by atoms with Crippen LogP contribution in [-0.2, 0) is 19.1 Å². The summed E-state index contributed by atoms with van der Waals surface area (Å²) >= 11 is 0. The minimum absolute atomic E-state index is 0.149. The molecule has 0 aliphatic heterocycles. The van der Waals surface area contributed by atoms with Gasteiger partial charge >= 0.3 is 5.97 Å². The van der Waals surface area contributed by atoms with E-state index in [4.69, 9.17) is 14.6 Å². The average Bonchev–Trinajstić information content (AvgIpc) is 2.24. The molecule has 0 heterocycles. The summed E-state index contributed by atoms with van der Waals surface area (Å²) in [7, 11) is 0. The lowest BCUT2D eigenvalue weighted by Crippen LogP contribution is -2.45. The third-order valence-corrected chi connectivity index (χ3v) is 2.06. The van der Waals surface area contributed by atoms with Crippen LogP contribution in [0.3, 0.4) is 0 Å². The van der Waals surface area contributed by atoms with Crippen LogP contribution in [0.5, 0.6) is 0 Å². The monoisotopic (exact) mass is 247 g/mol. The number of rotatable bonds is 9. The number of amides is 1. The number of carboxylic acids is 1. The van der Waals surface area contributed by atoms with Gasteiger partial charge in [0.25, 0.3) is 0 Å². The first-order valence-electron chi connectivity index (χ1n) is 5.66. The first-order valence-corrected chi connectivity index (χ1v) is 5.66. The molecule has 0 aliphatic rings. The molecular formula is C11H21NO5. The summed E-state index contributed by atoms with van der Waals surface area (Å²) in [5, 5.41) is 11.3. The maximum atomic E-state index is 11.4. The molecule has 6 heteroatoms. The van der Waals surface area contributed by atoms with E-state index in [9.17, 15) is 9.59 Å². The molecule has 0 saturated heterocycles. The molecule has 0 aliphatic carbocycles. The first-order chi connectivity index (χ1) is 7.99. The van der Waals surface area contributed by atoms with Gasteiger partial charge in [0.05, 0.1) is 13.2 Å². The van der Waals surface area contributed by atoms with Gasteiger partial charge in [0.15, 0.2) is 0 Å². The molecule has 0 aromatic carbocycles. The summed E-state index contributed by atoms with van der Waals surface area (Å²) in [4.78, 5) is 22.2. The van der Waals surface area contributed by atoms with Gasteiger partial charge in [-0.15, -0.1) is 0 Å². The van der Waals surface area contributed by atoms with Crippen LogP contribution < -0.4 is 5.32 Å². The lowest BCUT2D eigenvalue weighted by Gasteiger charge is -2.17. The van der Waals surface area contributed by atoms with Crippen LogP contribution in [0.15, 0.2) is 0 Å². The minimum Gasteiger partial charge on any atom is -0.480 e. The molecule has 2 N–H and O–H groups in total. The first kappa shape index (κ1) is 15.9. The van der Waals surface area contributed by atoms with Crippen LogP contribution in [0.2, 0.25) is 0 Å². The molecule has 17 heavy (non-hydrogen) atoms. The Morgan fingerprint density at radius 1 is 1.24 bits per heavy atom. The molecule has 1 atom stereocenters. The Hall–Kier alpha value is -1.14. The topological polar surface area (TPSA) is 84.9 Å². The quantitative estimate of drug-likeness (QED) is 0.571. The van der Waals surface area contributed by atoms with Crippen molar-refractivity contribution in [2.75, 3.05) is 26.4 Å². The van der Waals surface area contributed by atoms with E-state index < -0.39 is 17.9 Å². The van der Waals surface area contributed by atoms with Gasteiger partial charge in [0.1, 0.15) is 12.6 Å². The van der Waals surface area contributed by atoms with Gasteiger partial charge in [-0.05, 0) is 12.8 Å². The highest BCUT2D eigenvalue weighted by Gasteiger charge is 2.23. The van der Waals surface area contributed by atoms with Gasteiger partial charge in [-0.1, -0.05) is 13.8 Å². The highest BCUT2D eigenvalue weighted by molar-refractivity contribution is 5.84. The molecule has 0 aromatic rings. The Kier molecular flexibility index (Phi) is 8.35. The molecule has 100 valence electrons. The van der Waals surface area contributed by atoms with Gasteiger partial charge in [0, 0.05) is 6.61 Å². The molecule has 0 radical (unpaired) electrons. The van der Waals surface area contributed by atoms with Crippen molar-refractivity contribution in [3.8, 4) is 0 Å². The Balaban J connectivity index is 3.80. The standard InChI is InChI=1S/C11H21NO5/c1-4-16-5-6-17-7-9(13)12-10(8(2)3)11(14)15/h8,10H,4-7H2,1-3H3,(H,12,13)(H,14,15)/t10-/m1/s1. The van der Waals surface area contributed by atoms with Crippen molar-refractivity contribution in [1.82, 2.24) is 5.32 Å². The zero-order chi connectivity index (χ0) is 13.3. The molecule has 0 fully saturated rings.